The number of aryl methyl sites for hydroxylation is 1. The minimum Gasteiger partial charge on any atom is -0.475 e. The third-order valence-corrected chi connectivity index (χ3v) is 3.89. The second-order valence-corrected chi connectivity index (χ2v) is 5.44. The summed E-state index contributed by atoms with van der Waals surface area (Å²) in [6, 6.07) is 2.48. The van der Waals surface area contributed by atoms with Crippen LogP contribution in [-0.2, 0) is 6.54 Å². The number of nitrogens with zero attached hydrogens (tertiary/aromatic N) is 1. The zero-order chi connectivity index (χ0) is 13.8. The molecule has 1 N–H and O–H groups in total. The lowest BCUT2D eigenvalue weighted by atomic mass is 9.98. The molecular formula is C15H23NO3. The normalized spacial score (nSPS) is 20.6. The Morgan fingerprint density at radius 3 is 2.95 bits per heavy atom. The first kappa shape index (κ1) is 14.1. The van der Waals surface area contributed by atoms with Crippen LogP contribution in [0.5, 0.6) is 0 Å². The fourth-order valence-corrected chi connectivity index (χ4v) is 2.97. The summed E-state index contributed by atoms with van der Waals surface area (Å²) in [4.78, 5) is 13.4. The Labute approximate surface area is 114 Å². The predicted octanol–water partition coefficient (Wildman–Crippen LogP) is 3.44. The largest absolute Gasteiger partial charge is 0.475 e. The molecule has 0 bridgehead atoms. The van der Waals surface area contributed by atoms with Crippen molar-refractivity contribution in [2.45, 2.75) is 58.5 Å². The SMILES string of the molecule is CCCC1CCCCN1Cc1cc(C)c(C(=O)O)o1. The van der Waals surface area contributed by atoms with Gasteiger partial charge in [-0.15, -0.1) is 0 Å². The molecule has 0 amide bonds. The van der Waals surface area contributed by atoms with E-state index in [0.717, 1.165) is 18.8 Å². The van der Waals surface area contributed by atoms with Crippen LogP contribution in [0.4, 0.5) is 0 Å². The van der Waals surface area contributed by atoms with E-state index in [-0.39, 0.29) is 5.76 Å². The average molecular weight is 265 g/mol. The number of hydrogen-bond acceptors (Lipinski definition) is 3. The molecule has 4 heteroatoms. The van der Waals surface area contributed by atoms with Crippen LogP contribution in [0.15, 0.2) is 10.5 Å². The molecule has 1 fully saturated rings. The first-order chi connectivity index (χ1) is 9.11. The molecule has 19 heavy (non-hydrogen) atoms. The van der Waals surface area contributed by atoms with Gasteiger partial charge in [0.2, 0.25) is 5.76 Å². The van der Waals surface area contributed by atoms with Crippen molar-refractivity contribution in [3.8, 4) is 0 Å². The maximum absolute atomic E-state index is 11.0. The Kier molecular flexibility index (Phi) is 4.64. The summed E-state index contributed by atoms with van der Waals surface area (Å²) in [5.74, 6) is -0.121. The first-order valence-corrected chi connectivity index (χ1v) is 7.18. The smallest absolute Gasteiger partial charge is 0.372 e. The number of likely N-dealkylation sites (tertiary alicyclic amines) is 1. The molecule has 0 radical (unpaired) electrons. The molecule has 1 aromatic rings. The van der Waals surface area contributed by atoms with Crippen molar-refractivity contribution in [1.29, 1.82) is 0 Å². The zero-order valence-electron chi connectivity index (χ0n) is 11.8. The quantitative estimate of drug-likeness (QED) is 0.886. The van der Waals surface area contributed by atoms with Gasteiger partial charge in [0.15, 0.2) is 0 Å². The van der Waals surface area contributed by atoms with Crippen molar-refractivity contribution in [2.75, 3.05) is 6.54 Å². The molecule has 0 spiro atoms. The van der Waals surface area contributed by atoms with Crippen LogP contribution in [0.25, 0.3) is 0 Å². The highest BCUT2D eigenvalue weighted by molar-refractivity contribution is 5.86. The van der Waals surface area contributed by atoms with Gasteiger partial charge in [0.25, 0.3) is 0 Å². The minimum absolute atomic E-state index is 0.0825. The molecule has 1 unspecified atom stereocenters. The number of carboxylic acids is 1. The van der Waals surface area contributed by atoms with E-state index < -0.39 is 5.97 Å². The maximum atomic E-state index is 11.0. The molecule has 1 saturated heterocycles. The fraction of sp³-hybridized carbons (Fsp3) is 0.667. The average Bonchev–Trinajstić information content (AvgIpc) is 2.73. The summed E-state index contributed by atoms with van der Waals surface area (Å²) < 4.78 is 5.46. The molecule has 2 rings (SSSR count). The molecule has 1 aliphatic rings. The van der Waals surface area contributed by atoms with Crippen molar-refractivity contribution in [3.05, 3.63) is 23.2 Å². The van der Waals surface area contributed by atoms with Gasteiger partial charge in [-0.25, -0.2) is 4.79 Å². The molecular weight excluding hydrogens is 242 g/mol. The molecule has 0 aliphatic carbocycles. The van der Waals surface area contributed by atoms with Crippen LogP contribution in [-0.4, -0.2) is 28.6 Å². The highest BCUT2D eigenvalue weighted by Crippen LogP contribution is 2.24. The maximum Gasteiger partial charge on any atom is 0.372 e. The molecule has 1 aromatic heterocycles. The molecule has 0 saturated carbocycles. The van der Waals surface area contributed by atoms with Crippen molar-refractivity contribution >= 4 is 5.97 Å². The summed E-state index contributed by atoms with van der Waals surface area (Å²) in [5.41, 5.74) is 0.714. The predicted molar refractivity (Wildman–Crippen MR) is 73.4 cm³/mol. The van der Waals surface area contributed by atoms with E-state index >= 15 is 0 Å². The van der Waals surface area contributed by atoms with Gasteiger partial charge in [-0.05, 0) is 38.8 Å². The lowest BCUT2D eigenvalue weighted by molar-refractivity contribution is 0.0653. The topological polar surface area (TPSA) is 53.7 Å². The Morgan fingerprint density at radius 2 is 2.32 bits per heavy atom. The lowest BCUT2D eigenvalue weighted by Crippen LogP contribution is -2.38. The van der Waals surface area contributed by atoms with Crippen molar-refractivity contribution in [3.63, 3.8) is 0 Å². The third-order valence-electron chi connectivity index (χ3n) is 3.89. The monoisotopic (exact) mass is 265 g/mol. The van der Waals surface area contributed by atoms with Gasteiger partial charge >= 0.3 is 5.97 Å². The third kappa shape index (κ3) is 3.38. The second kappa shape index (κ2) is 6.24. The Morgan fingerprint density at radius 1 is 1.53 bits per heavy atom. The summed E-state index contributed by atoms with van der Waals surface area (Å²) in [6.07, 6.45) is 6.19. The standard InChI is InChI=1S/C15H23NO3/c1-3-6-12-7-4-5-8-16(12)10-13-9-11(2)14(19-13)15(17)18/h9,12H,3-8,10H2,1-2H3,(H,17,18). The van der Waals surface area contributed by atoms with Crippen molar-refractivity contribution in [1.82, 2.24) is 4.90 Å². The summed E-state index contributed by atoms with van der Waals surface area (Å²) in [5, 5.41) is 9.01. The van der Waals surface area contributed by atoms with Crippen LogP contribution in [0, 0.1) is 6.92 Å². The van der Waals surface area contributed by atoms with Crippen LogP contribution in [0.3, 0.4) is 0 Å². The number of aromatic carboxylic acids is 1. The Balaban J connectivity index is 2.06. The Hall–Kier alpha value is -1.29. The number of piperidine rings is 1. The Bertz CT molecular complexity index is 437. The van der Waals surface area contributed by atoms with E-state index in [1.807, 2.05) is 6.07 Å². The van der Waals surface area contributed by atoms with Gasteiger partial charge in [0, 0.05) is 11.6 Å². The van der Waals surface area contributed by atoms with E-state index in [1.165, 1.54) is 32.1 Å². The number of rotatable bonds is 5. The van der Waals surface area contributed by atoms with Crippen LogP contribution >= 0.6 is 0 Å². The van der Waals surface area contributed by atoms with E-state index in [4.69, 9.17) is 9.52 Å². The van der Waals surface area contributed by atoms with Crippen molar-refractivity contribution < 1.29 is 14.3 Å². The van der Waals surface area contributed by atoms with Crippen LogP contribution < -0.4 is 0 Å². The summed E-state index contributed by atoms with van der Waals surface area (Å²) in [6.45, 7) is 5.83. The van der Waals surface area contributed by atoms with Crippen molar-refractivity contribution in [2.24, 2.45) is 0 Å². The van der Waals surface area contributed by atoms with Gasteiger partial charge in [-0.1, -0.05) is 19.8 Å². The number of carbonyl (C=O) groups is 1. The van der Waals surface area contributed by atoms with Gasteiger partial charge in [0.1, 0.15) is 5.76 Å². The number of hydrogen-bond donors (Lipinski definition) is 1. The van der Waals surface area contributed by atoms with E-state index in [2.05, 4.69) is 11.8 Å². The summed E-state index contributed by atoms with van der Waals surface area (Å²) in [7, 11) is 0. The van der Waals surface area contributed by atoms with Crippen LogP contribution in [0.2, 0.25) is 0 Å². The lowest BCUT2D eigenvalue weighted by Gasteiger charge is -2.35. The van der Waals surface area contributed by atoms with E-state index in [1.54, 1.807) is 6.92 Å². The van der Waals surface area contributed by atoms with Gasteiger partial charge in [-0.3, -0.25) is 4.90 Å². The summed E-state index contributed by atoms with van der Waals surface area (Å²) >= 11 is 0. The molecule has 1 aliphatic heterocycles. The number of furan rings is 1. The van der Waals surface area contributed by atoms with E-state index in [9.17, 15) is 4.79 Å². The molecule has 1 atom stereocenters. The second-order valence-electron chi connectivity index (χ2n) is 5.44. The minimum atomic E-state index is -0.979. The molecule has 2 heterocycles. The van der Waals surface area contributed by atoms with E-state index in [0.29, 0.717) is 11.6 Å². The number of carboxylic acid groups (broad SMARTS) is 1. The first-order valence-electron chi connectivity index (χ1n) is 7.18. The van der Waals surface area contributed by atoms with Crippen LogP contribution in [0.1, 0.15) is 60.9 Å². The van der Waals surface area contributed by atoms with Gasteiger partial charge < -0.3 is 9.52 Å². The molecule has 4 nitrogen and oxygen atoms in total. The molecule has 0 aromatic carbocycles. The van der Waals surface area contributed by atoms with Gasteiger partial charge in [0.05, 0.1) is 6.54 Å². The molecule has 106 valence electrons. The van der Waals surface area contributed by atoms with Gasteiger partial charge in [-0.2, -0.15) is 0 Å². The highest BCUT2D eigenvalue weighted by atomic mass is 16.4. The fourth-order valence-electron chi connectivity index (χ4n) is 2.97. The zero-order valence-corrected chi connectivity index (χ0v) is 11.8. The highest BCUT2D eigenvalue weighted by Gasteiger charge is 2.23.